The molecule has 2 heterocycles. The van der Waals surface area contributed by atoms with Gasteiger partial charge < -0.3 is 15.0 Å². The van der Waals surface area contributed by atoms with E-state index in [0.29, 0.717) is 24.0 Å². The predicted molar refractivity (Wildman–Crippen MR) is 78.3 cm³/mol. The van der Waals surface area contributed by atoms with Gasteiger partial charge in [-0.05, 0) is 37.3 Å². The molecule has 1 aromatic rings. The van der Waals surface area contributed by atoms with E-state index >= 15 is 0 Å². The van der Waals surface area contributed by atoms with Gasteiger partial charge in [-0.15, -0.1) is 0 Å². The van der Waals surface area contributed by atoms with Gasteiger partial charge in [-0.25, -0.2) is 0 Å². The minimum atomic E-state index is 0.245. The zero-order valence-electron chi connectivity index (χ0n) is 11.7. The van der Waals surface area contributed by atoms with Crippen molar-refractivity contribution in [1.29, 1.82) is 0 Å². The number of anilines is 2. The number of morpholine rings is 1. The highest BCUT2D eigenvalue weighted by atomic mass is 35.5. The average Bonchev–Trinajstić information content (AvgIpc) is 2.92. The van der Waals surface area contributed by atoms with Gasteiger partial charge >= 0.3 is 0 Å². The lowest BCUT2D eigenvalue weighted by Gasteiger charge is -2.37. The molecule has 1 N–H and O–H groups in total. The largest absolute Gasteiger partial charge is 0.374 e. The first-order valence-electron chi connectivity index (χ1n) is 7.31. The van der Waals surface area contributed by atoms with E-state index in [1.165, 1.54) is 6.42 Å². The molecule has 2 fully saturated rings. The maximum Gasteiger partial charge on any atom is 0.231 e. The van der Waals surface area contributed by atoms with Gasteiger partial charge in [0.2, 0.25) is 17.2 Å². The summed E-state index contributed by atoms with van der Waals surface area (Å²) < 4.78 is 5.82. The fraction of sp³-hybridized carbons (Fsp3) is 0.769. The molecule has 6 nitrogen and oxygen atoms in total. The van der Waals surface area contributed by atoms with E-state index in [-0.39, 0.29) is 5.28 Å². The van der Waals surface area contributed by atoms with Crippen molar-refractivity contribution in [2.24, 2.45) is 0 Å². The SMILES string of the molecule is CCCNc1nc(Cl)nc(N2CCOC3CCCC32)n1. The third-order valence-electron chi connectivity index (χ3n) is 3.87. The van der Waals surface area contributed by atoms with E-state index < -0.39 is 0 Å². The fourth-order valence-electron chi connectivity index (χ4n) is 2.96. The van der Waals surface area contributed by atoms with Crippen LogP contribution in [0.25, 0.3) is 0 Å². The molecule has 0 aromatic carbocycles. The number of hydrogen-bond acceptors (Lipinski definition) is 6. The highest BCUT2D eigenvalue weighted by molar-refractivity contribution is 6.28. The number of aromatic nitrogens is 3. The summed E-state index contributed by atoms with van der Waals surface area (Å²) in [5, 5.41) is 3.41. The summed E-state index contributed by atoms with van der Waals surface area (Å²) in [7, 11) is 0. The fourth-order valence-corrected chi connectivity index (χ4v) is 3.11. The Balaban J connectivity index is 1.82. The zero-order chi connectivity index (χ0) is 13.9. The molecule has 1 aromatic heterocycles. The van der Waals surface area contributed by atoms with Gasteiger partial charge in [-0.2, -0.15) is 15.0 Å². The lowest BCUT2D eigenvalue weighted by atomic mass is 10.1. The molecular weight excluding hydrogens is 278 g/mol. The van der Waals surface area contributed by atoms with Crippen LogP contribution in [0.4, 0.5) is 11.9 Å². The second-order valence-electron chi connectivity index (χ2n) is 5.26. The van der Waals surface area contributed by atoms with Gasteiger partial charge in [-0.3, -0.25) is 0 Å². The second kappa shape index (κ2) is 6.10. The summed E-state index contributed by atoms with van der Waals surface area (Å²) in [5.41, 5.74) is 0. The Labute approximate surface area is 123 Å². The Kier molecular flexibility index (Phi) is 4.21. The van der Waals surface area contributed by atoms with Crippen molar-refractivity contribution in [3.8, 4) is 0 Å². The van der Waals surface area contributed by atoms with Crippen LogP contribution in [-0.2, 0) is 4.74 Å². The van der Waals surface area contributed by atoms with Crippen LogP contribution in [0.2, 0.25) is 5.28 Å². The van der Waals surface area contributed by atoms with Crippen LogP contribution in [0.3, 0.4) is 0 Å². The standard InChI is InChI=1S/C13H20ClN5O/c1-2-6-15-12-16-11(14)17-13(18-12)19-7-8-20-10-5-3-4-9(10)19/h9-10H,2-8H2,1H3,(H,15,16,17,18). The molecule has 1 aliphatic carbocycles. The quantitative estimate of drug-likeness (QED) is 0.918. The maximum atomic E-state index is 6.03. The zero-order valence-corrected chi connectivity index (χ0v) is 12.4. The van der Waals surface area contributed by atoms with Gasteiger partial charge in [0.25, 0.3) is 0 Å². The molecule has 0 amide bonds. The predicted octanol–water partition coefficient (Wildman–Crippen LogP) is 2.10. The highest BCUT2D eigenvalue weighted by Gasteiger charge is 2.37. The van der Waals surface area contributed by atoms with Crippen molar-refractivity contribution in [2.75, 3.05) is 29.9 Å². The number of nitrogens with zero attached hydrogens (tertiary/aromatic N) is 4. The summed E-state index contributed by atoms with van der Waals surface area (Å²) in [6.07, 6.45) is 4.78. The lowest BCUT2D eigenvalue weighted by molar-refractivity contribution is 0.0250. The normalized spacial score (nSPS) is 25.6. The molecule has 3 rings (SSSR count). The Morgan fingerprint density at radius 1 is 1.35 bits per heavy atom. The Morgan fingerprint density at radius 2 is 2.25 bits per heavy atom. The minimum absolute atomic E-state index is 0.245. The monoisotopic (exact) mass is 297 g/mol. The van der Waals surface area contributed by atoms with Crippen LogP contribution >= 0.6 is 11.6 Å². The third-order valence-corrected chi connectivity index (χ3v) is 4.04. The van der Waals surface area contributed by atoms with E-state index in [0.717, 1.165) is 39.0 Å². The summed E-state index contributed by atoms with van der Waals surface area (Å²) in [5.74, 6) is 1.23. The molecule has 0 radical (unpaired) electrons. The first-order chi connectivity index (χ1) is 9.78. The van der Waals surface area contributed by atoms with Crippen molar-refractivity contribution in [1.82, 2.24) is 15.0 Å². The van der Waals surface area contributed by atoms with Crippen LogP contribution in [0.5, 0.6) is 0 Å². The Hall–Kier alpha value is -1.14. The van der Waals surface area contributed by atoms with Crippen molar-refractivity contribution in [2.45, 2.75) is 44.8 Å². The van der Waals surface area contributed by atoms with E-state index in [2.05, 4.69) is 32.1 Å². The molecule has 110 valence electrons. The molecule has 2 atom stereocenters. The Bertz CT molecular complexity index is 472. The number of hydrogen-bond donors (Lipinski definition) is 1. The number of ether oxygens (including phenoxy) is 1. The van der Waals surface area contributed by atoms with Crippen LogP contribution in [0.15, 0.2) is 0 Å². The van der Waals surface area contributed by atoms with Gasteiger partial charge in [-0.1, -0.05) is 6.92 Å². The maximum absolute atomic E-state index is 6.03. The number of halogens is 1. The molecule has 0 spiro atoms. The average molecular weight is 298 g/mol. The smallest absolute Gasteiger partial charge is 0.231 e. The van der Waals surface area contributed by atoms with E-state index in [4.69, 9.17) is 16.3 Å². The molecule has 2 aliphatic rings. The first-order valence-corrected chi connectivity index (χ1v) is 7.69. The van der Waals surface area contributed by atoms with Gasteiger partial charge in [0, 0.05) is 13.1 Å². The van der Waals surface area contributed by atoms with Gasteiger partial charge in [0.05, 0.1) is 18.8 Å². The molecular formula is C13H20ClN5O. The highest BCUT2D eigenvalue weighted by Crippen LogP contribution is 2.32. The van der Waals surface area contributed by atoms with Gasteiger partial charge in [0.1, 0.15) is 0 Å². The minimum Gasteiger partial charge on any atom is -0.374 e. The summed E-state index contributed by atoms with van der Waals surface area (Å²) in [6.45, 7) is 4.47. The van der Waals surface area contributed by atoms with Crippen LogP contribution < -0.4 is 10.2 Å². The summed E-state index contributed by atoms with van der Waals surface area (Å²) in [4.78, 5) is 15.2. The molecule has 1 aliphatic heterocycles. The van der Waals surface area contributed by atoms with E-state index in [1.807, 2.05) is 0 Å². The van der Waals surface area contributed by atoms with Crippen molar-refractivity contribution < 1.29 is 4.74 Å². The second-order valence-corrected chi connectivity index (χ2v) is 5.59. The lowest BCUT2D eigenvalue weighted by Crippen LogP contribution is -2.49. The van der Waals surface area contributed by atoms with Crippen LogP contribution in [-0.4, -0.2) is 46.8 Å². The topological polar surface area (TPSA) is 63.2 Å². The molecule has 2 unspecified atom stereocenters. The van der Waals surface area contributed by atoms with Crippen molar-refractivity contribution >= 4 is 23.5 Å². The Morgan fingerprint density at radius 3 is 3.10 bits per heavy atom. The van der Waals surface area contributed by atoms with Crippen LogP contribution in [0.1, 0.15) is 32.6 Å². The number of rotatable bonds is 4. The summed E-state index contributed by atoms with van der Waals surface area (Å²) >= 11 is 6.03. The first kappa shape index (κ1) is 13.8. The molecule has 7 heteroatoms. The summed E-state index contributed by atoms with van der Waals surface area (Å²) in [6, 6.07) is 0.376. The van der Waals surface area contributed by atoms with E-state index in [9.17, 15) is 0 Å². The number of fused-ring (bicyclic) bond motifs is 1. The van der Waals surface area contributed by atoms with Gasteiger partial charge in [0.15, 0.2) is 0 Å². The van der Waals surface area contributed by atoms with E-state index in [1.54, 1.807) is 0 Å². The van der Waals surface area contributed by atoms with Crippen molar-refractivity contribution in [3.63, 3.8) is 0 Å². The molecule has 20 heavy (non-hydrogen) atoms. The molecule has 1 saturated heterocycles. The van der Waals surface area contributed by atoms with Crippen molar-refractivity contribution in [3.05, 3.63) is 5.28 Å². The van der Waals surface area contributed by atoms with Crippen LogP contribution in [0, 0.1) is 0 Å². The third kappa shape index (κ3) is 2.81. The molecule has 0 bridgehead atoms. The number of nitrogens with one attached hydrogen (secondary N) is 1. The molecule has 1 saturated carbocycles.